The van der Waals surface area contributed by atoms with E-state index in [1.807, 2.05) is 32.0 Å². The zero-order chi connectivity index (χ0) is 17.8. The molecule has 0 aliphatic rings. The van der Waals surface area contributed by atoms with E-state index in [1.54, 1.807) is 17.7 Å². The van der Waals surface area contributed by atoms with Crippen LogP contribution >= 0.6 is 11.3 Å². The largest absolute Gasteiger partial charge is 0.369 e. The fraction of sp³-hybridized carbons (Fsp3) is 0.316. The third-order valence-electron chi connectivity index (χ3n) is 3.82. The number of carbonyl (C=O) groups excluding carboxylic acids is 1. The second-order valence-electron chi connectivity index (χ2n) is 6.20. The standard InChI is InChI=1S/C19H22N4OS/c1-12(2)23-15(24)9-10-20-18-17-16(14-7-5-4-6-8-14)13(3)25-19(17)22-11-21-18/h4-8,11-12H,9-10H2,1-3H3,(H,23,24)(H,20,21,22). The van der Waals surface area contributed by atoms with E-state index in [0.29, 0.717) is 13.0 Å². The number of anilines is 1. The topological polar surface area (TPSA) is 66.9 Å². The highest BCUT2D eigenvalue weighted by Gasteiger charge is 2.16. The maximum Gasteiger partial charge on any atom is 0.221 e. The van der Waals surface area contributed by atoms with Crippen molar-refractivity contribution >= 4 is 33.3 Å². The Balaban J connectivity index is 1.88. The Labute approximate surface area is 151 Å². The Morgan fingerprint density at radius 2 is 1.96 bits per heavy atom. The van der Waals surface area contributed by atoms with Crippen molar-refractivity contribution in [3.05, 3.63) is 41.5 Å². The molecule has 0 fully saturated rings. The molecule has 0 aliphatic carbocycles. The Morgan fingerprint density at radius 1 is 1.20 bits per heavy atom. The van der Waals surface area contributed by atoms with Gasteiger partial charge in [-0.2, -0.15) is 0 Å². The van der Waals surface area contributed by atoms with Gasteiger partial charge in [0.2, 0.25) is 5.91 Å². The van der Waals surface area contributed by atoms with Gasteiger partial charge in [-0.15, -0.1) is 11.3 Å². The molecule has 3 rings (SSSR count). The zero-order valence-electron chi connectivity index (χ0n) is 14.7. The van der Waals surface area contributed by atoms with Gasteiger partial charge in [0.15, 0.2) is 0 Å². The van der Waals surface area contributed by atoms with Gasteiger partial charge in [-0.3, -0.25) is 4.79 Å². The second-order valence-corrected chi connectivity index (χ2v) is 7.40. The van der Waals surface area contributed by atoms with E-state index >= 15 is 0 Å². The van der Waals surface area contributed by atoms with Crippen LogP contribution < -0.4 is 10.6 Å². The lowest BCUT2D eigenvalue weighted by atomic mass is 10.0. The van der Waals surface area contributed by atoms with Crippen molar-refractivity contribution in [1.82, 2.24) is 15.3 Å². The highest BCUT2D eigenvalue weighted by molar-refractivity contribution is 7.19. The number of benzene rings is 1. The van der Waals surface area contributed by atoms with Crippen molar-refractivity contribution in [2.24, 2.45) is 0 Å². The van der Waals surface area contributed by atoms with Crippen LogP contribution in [0, 0.1) is 6.92 Å². The summed E-state index contributed by atoms with van der Waals surface area (Å²) in [6.45, 7) is 6.56. The molecule has 2 aromatic heterocycles. The van der Waals surface area contributed by atoms with E-state index < -0.39 is 0 Å². The normalized spacial score (nSPS) is 11.0. The minimum absolute atomic E-state index is 0.0394. The Bertz CT molecular complexity index is 874. The number of fused-ring (bicyclic) bond motifs is 1. The molecule has 1 amide bonds. The number of aryl methyl sites for hydroxylation is 1. The lowest BCUT2D eigenvalue weighted by Crippen LogP contribution is -2.31. The van der Waals surface area contributed by atoms with Crippen molar-refractivity contribution in [3.63, 3.8) is 0 Å². The average Bonchev–Trinajstić information content (AvgIpc) is 2.91. The first-order valence-electron chi connectivity index (χ1n) is 8.39. The van der Waals surface area contributed by atoms with E-state index in [0.717, 1.165) is 27.2 Å². The van der Waals surface area contributed by atoms with Gasteiger partial charge in [0, 0.05) is 29.4 Å². The predicted octanol–water partition coefficient (Wildman–Crippen LogP) is 3.99. The van der Waals surface area contributed by atoms with Crippen molar-refractivity contribution < 1.29 is 4.79 Å². The monoisotopic (exact) mass is 354 g/mol. The Hall–Kier alpha value is -2.47. The van der Waals surface area contributed by atoms with Gasteiger partial charge in [-0.25, -0.2) is 9.97 Å². The molecule has 25 heavy (non-hydrogen) atoms. The number of amides is 1. The molecule has 0 saturated carbocycles. The number of nitrogens with zero attached hydrogens (tertiary/aromatic N) is 2. The van der Waals surface area contributed by atoms with E-state index in [4.69, 9.17) is 0 Å². The SMILES string of the molecule is Cc1sc2ncnc(NCCC(=O)NC(C)C)c2c1-c1ccccc1. The quantitative estimate of drug-likeness (QED) is 0.702. The molecule has 130 valence electrons. The molecule has 5 nitrogen and oxygen atoms in total. The molecule has 6 heteroatoms. The van der Waals surface area contributed by atoms with Crippen LogP contribution in [0.4, 0.5) is 5.82 Å². The molecule has 1 aromatic carbocycles. The van der Waals surface area contributed by atoms with Gasteiger partial charge < -0.3 is 10.6 Å². The van der Waals surface area contributed by atoms with Crippen molar-refractivity contribution in [1.29, 1.82) is 0 Å². The van der Waals surface area contributed by atoms with E-state index in [2.05, 4.69) is 39.7 Å². The summed E-state index contributed by atoms with van der Waals surface area (Å²) in [6.07, 6.45) is 1.98. The number of nitrogens with one attached hydrogen (secondary N) is 2. The molecule has 0 atom stereocenters. The summed E-state index contributed by atoms with van der Waals surface area (Å²) in [5, 5.41) is 7.24. The van der Waals surface area contributed by atoms with E-state index in [-0.39, 0.29) is 11.9 Å². The molecule has 0 aliphatic heterocycles. The van der Waals surface area contributed by atoms with Gasteiger partial charge in [-0.05, 0) is 26.3 Å². The summed E-state index contributed by atoms with van der Waals surface area (Å²) >= 11 is 1.67. The molecule has 0 saturated heterocycles. The molecular formula is C19H22N4OS. The molecule has 0 radical (unpaired) electrons. The van der Waals surface area contributed by atoms with Crippen LogP contribution in [0.15, 0.2) is 36.7 Å². The molecule has 0 bridgehead atoms. The summed E-state index contributed by atoms with van der Waals surface area (Å²) in [5.41, 5.74) is 2.32. The predicted molar refractivity (Wildman–Crippen MR) is 104 cm³/mol. The van der Waals surface area contributed by atoms with Crippen LogP contribution in [0.3, 0.4) is 0 Å². The van der Waals surface area contributed by atoms with Gasteiger partial charge in [0.25, 0.3) is 0 Å². The van der Waals surface area contributed by atoms with Gasteiger partial charge in [-0.1, -0.05) is 30.3 Å². The molecular weight excluding hydrogens is 332 g/mol. The highest BCUT2D eigenvalue weighted by Crippen LogP contribution is 2.40. The van der Waals surface area contributed by atoms with E-state index in [1.165, 1.54) is 4.88 Å². The van der Waals surface area contributed by atoms with Crippen molar-refractivity contribution in [2.45, 2.75) is 33.2 Å². The maximum atomic E-state index is 11.8. The third kappa shape index (κ3) is 3.96. The highest BCUT2D eigenvalue weighted by atomic mass is 32.1. The molecule has 0 unspecified atom stereocenters. The van der Waals surface area contributed by atoms with Gasteiger partial charge in [0.1, 0.15) is 17.0 Å². The summed E-state index contributed by atoms with van der Waals surface area (Å²) in [6, 6.07) is 10.4. The smallest absolute Gasteiger partial charge is 0.221 e. The number of rotatable bonds is 6. The Kier molecular flexibility index (Phi) is 5.28. The first-order valence-corrected chi connectivity index (χ1v) is 9.20. The fourth-order valence-corrected chi connectivity index (χ4v) is 3.83. The number of aromatic nitrogens is 2. The van der Waals surface area contributed by atoms with Crippen LogP contribution in [-0.2, 0) is 4.79 Å². The summed E-state index contributed by atoms with van der Waals surface area (Å²) in [4.78, 5) is 22.8. The lowest BCUT2D eigenvalue weighted by Gasteiger charge is -2.10. The Morgan fingerprint density at radius 3 is 2.68 bits per heavy atom. The fourth-order valence-electron chi connectivity index (χ4n) is 2.82. The lowest BCUT2D eigenvalue weighted by molar-refractivity contribution is -0.121. The molecule has 2 heterocycles. The first kappa shape index (κ1) is 17.4. The van der Waals surface area contributed by atoms with Gasteiger partial charge >= 0.3 is 0 Å². The number of hydrogen-bond donors (Lipinski definition) is 2. The van der Waals surface area contributed by atoms with E-state index in [9.17, 15) is 4.79 Å². The van der Waals surface area contributed by atoms with Crippen molar-refractivity contribution in [2.75, 3.05) is 11.9 Å². The van der Waals surface area contributed by atoms with Crippen LogP contribution in [0.5, 0.6) is 0 Å². The average molecular weight is 354 g/mol. The van der Waals surface area contributed by atoms with Crippen LogP contribution in [0.25, 0.3) is 21.3 Å². The number of carbonyl (C=O) groups is 1. The third-order valence-corrected chi connectivity index (χ3v) is 4.83. The molecule has 0 spiro atoms. The second kappa shape index (κ2) is 7.61. The minimum atomic E-state index is 0.0394. The maximum absolute atomic E-state index is 11.8. The molecule has 3 aromatic rings. The zero-order valence-corrected chi connectivity index (χ0v) is 15.5. The van der Waals surface area contributed by atoms with Crippen LogP contribution in [-0.4, -0.2) is 28.5 Å². The minimum Gasteiger partial charge on any atom is -0.369 e. The van der Waals surface area contributed by atoms with Crippen molar-refractivity contribution in [3.8, 4) is 11.1 Å². The first-order chi connectivity index (χ1) is 12.1. The van der Waals surface area contributed by atoms with Crippen LogP contribution in [0.1, 0.15) is 25.1 Å². The molecule has 2 N–H and O–H groups in total. The summed E-state index contributed by atoms with van der Waals surface area (Å²) in [7, 11) is 0. The number of thiophene rings is 1. The summed E-state index contributed by atoms with van der Waals surface area (Å²) < 4.78 is 0. The summed E-state index contributed by atoms with van der Waals surface area (Å²) in [5.74, 6) is 0.822. The van der Waals surface area contributed by atoms with Gasteiger partial charge in [0.05, 0.1) is 5.39 Å². The number of hydrogen-bond acceptors (Lipinski definition) is 5. The van der Waals surface area contributed by atoms with Crippen LogP contribution in [0.2, 0.25) is 0 Å².